The maximum atomic E-state index is 13.4. The van der Waals surface area contributed by atoms with Crippen molar-refractivity contribution in [2.75, 3.05) is 10.2 Å². The lowest BCUT2D eigenvalue weighted by Crippen LogP contribution is -2.37. The molecular weight excluding hydrogens is 298 g/mol. The van der Waals surface area contributed by atoms with Crippen LogP contribution in [0.25, 0.3) is 0 Å². The number of nitrogens with zero attached hydrogens (tertiary/aromatic N) is 2. The second kappa shape index (κ2) is 5.33. The van der Waals surface area contributed by atoms with Crippen LogP contribution in [0.5, 0.6) is 0 Å². The van der Waals surface area contributed by atoms with E-state index >= 15 is 0 Å². The summed E-state index contributed by atoms with van der Waals surface area (Å²) in [6.07, 6.45) is 6.67. The zero-order valence-corrected chi connectivity index (χ0v) is 13.6. The van der Waals surface area contributed by atoms with E-state index in [9.17, 15) is 4.79 Å². The van der Waals surface area contributed by atoms with Crippen LogP contribution in [0.1, 0.15) is 31.2 Å². The van der Waals surface area contributed by atoms with Gasteiger partial charge in [-0.2, -0.15) is 0 Å². The molecule has 2 aromatic rings. The first kappa shape index (κ1) is 14.0. The number of para-hydroxylation sites is 2. The standard InChI is InChI=1S/C20H21N3O/c24-20(16-11-13-7-8-14(16)10-13)23-12-15-4-3-9-21-19(15)22-17-5-1-2-6-18(17)23/h1-6,9,13-14,16H,7-8,10-12H2,(H,21,22)/t13?,14?,16-/m0/s1. The summed E-state index contributed by atoms with van der Waals surface area (Å²) in [6.45, 7) is 0.597. The molecule has 0 radical (unpaired) electrons. The van der Waals surface area contributed by atoms with Crippen molar-refractivity contribution in [3.05, 3.63) is 48.2 Å². The average molecular weight is 319 g/mol. The SMILES string of the molecule is O=C([C@H]1CC2CCC1C2)N1Cc2cccnc2Nc2ccccc21. The van der Waals surface area contributed by atoms with Gasteiger partial charge in [-0.25, -0.2) is 4.98 Å². The van der Waals surface area contributed by atoms with Crippen molar-refractivity contribution in [3.8, 4) is 0 Å². The molecule has 0 spiro atoms. The van der Waals surface area contributed by atoms with Crippen LogP contribution in [0.3, 0.4) is 0 Å². The Morgan fingerprint density at radius 2 is 2.04 bits per heavy atom. The van der Waals surface area contributed by atoms with E-state index in [0.29, 0.717) is 18.4 Å². The predicted octanol–water partition coefficient (Wildman–Crippen LogP) is 4.11. The summed E-state index contributed by atoms with van der Waals surface area (Å²) in [5.41, 5.74) is 3.01. The highest BCUT2D eigenvalue weighted by atomic mass is 16.2. The van der Waals surface area contributed by atoms with E-state index in [1.807, 2.05) is 35.2 Å². The second-order valence-corrected chi connectivity index (χ2v) is 7.36. The molecule has 1 aliphatic heterocycles. The number of pyridine rings is 1. The molecule has 1 aromatic heterocycles. The first-order valence-electron chi connectivity index (χ1n) is 8.91. The highest BCUT2D eigenvalue weighted by molar-refractivity contribution is 5.99. The summed E-state index contributed by atoms with van der Waals surface area (Å²) in [4.78, 5) is 19.8. The zero-order valence-electron chi connectivity index (χ0n) is 13.6. The number of amides is 1. The highest BCUT2D eigenvalue weighted by Crippen LogP contribution is 2.49. The molecule has 2 fully saturated rings. The smallest absolute Gasteiger partial charge is 0.230 e. The average Bonchev–Trinajstić information content (AvgIpc) is 3.20. The maximum Gasteiger partial charge on any atom is 0.230 e. The van der Waals surface area contributed by atoms with E-state index in [1.54, 1.807) is 6.20 Å². The molecule has 4 heteroatoms. The van der Waals surface area contributed by atoms with Crippen LogP contribution in [0.4, 0.5) is 17.2 Å². The van der Waals surface area contributed by atoms with Crippen LogP contribution in [0.15, 0.2) is 42.6 Å². The van der Waals surface area contributed by atoms with Gasteiger partial charge in [-0.1, -0.05) is 24.6 Å². The van der Waals surface area contributed by atoms with E-state index < -0.39 is 0 Å². The molecule has 2 heterocycles. The van der Waals surface area contributed by atoms with Crippen LogP contribution in [0, 0.1) is 17.8 Å². The minimum absolute atomic E-state index is 0.204. The van der Waals surface area contributed by atoms with Crippen LogP contribution >= 0.6 is 0 Å². The van der Waals surface area contributed by atoms with Gasteiger partial charge in [-0.15, -0.1) is 0 Å². The largest absolute Gasteiger partial charge is 0.338 e. The molecule has 1 amide bonds. The summed E-state index contributed by atoms with van der Waals surface area (Å²) in [5.74, 6) is 2.73. The summed E-state index contributed by atoms with van der Waals surface area (Å²) in [7, 11) is 0. The minimum atomic E-state index is 0.204. The summed E-state index contributed by atoms with van der Waals surface area (Å²) >= 11 is 0. The lowest BCUT2D eigenvalue weighted by molar-refractivity contribution is -0.124. The third-order valence-electron chi connectivity index (χ3n) is 5.99. The van der Waals surface area contributed by atoms with Gasteiger partial charge in [-0.3, -0.25) is 4.79 Å². The Morgan fingerprint density at radius 3 is 2.88 bits per heavy atom. The van der Waals surface area contributed by atoms with Gasteiger partial charge >= 0.3 is 0 Å². The molecular formula is C20H21N3O. The van der Waals surface area contributed by atoms with Crippen molar-refractivity contribution in [3.63, 3.8) is 0 Å². The maximum absolute atomic E-state index is 13.4. The number of hydrogen-bond donors (Lipinski definition) is 1. The Balaban J connectivity index is 1.55. The van der Waals surface area contributed by atoms with Crippen LogP contribution < -0.4 is 10.2 Å². The fraction of sp³-hybridized carbons (Fsp3) is 0.400. The third kappa shape index (κ3) is 2.13. The topological polar surface area (TPSA) is 45.2 Å². The number of carbonyl (C=O) groups excluding carboxylic acids is 1. The van der Waals surface area contributed by atoms with E-state index in [-0.39, 0.29) is 5.92 Å². The Hall–Kier alpha value is -2.36. The van der Waals surface area contributed by atoms with E-state index in [0.717, 1.165) is 35.1 Å². The number of nitrogens with one attached hydrogen (secondary N) is 1. The number of carbonyl (C=O) groups is 1. The zero-order chi connectivity index (χ0) is 16.1. The fourth-order valence-corrected chi connectivity index (χ4v) is 4.82. The van der Waals surface area contributed by atoms with Crippen molar-refractivity contribution >= 4 is 23.1 Å². The summed E-state index contributed by atoms with van der Waals surface area (Å²) < 4.78 is 0. The predicted molar refractivity (Wildman–Crippen MR) is 94.1 cm³/mol. The van der Waals surface area contributed by atoms with E-state index in [4.69, 9.17) is 0 Å². The molecule has 2 unspecified atom stereocenters. The first-order valence-corrected chi connectivity index (χ1v) is 8.91. The Bertz CT molecular complexity index is 803. The lowest BCUT2D eigenvalue weighted by Gasteiger charge is -2.29. The van der Waals surface area contributed by atoms with Gasteiger partial charge in [0.25, 0.3) is 0 Å². The molecule has 5 rings (SSSR count). The summed E-state index contributed by atoms with van der Waals surface area (Å²) in [5, 5.41) is 3.41. The molecule has 3 atom stereocenters. The van der Waals surface area contributed by atoms with Crippen molar-refractivity contribution in [1.82, 2.24) is 4.98 Å². The van der Waals surface area contributed by atoms with Crippen LogP contribution in [-0.2, 0) is 11.3 Å². The molecule has 1 aromatic carbocycles. The normalized spacial score (nSPS) is 27.2. The monoisotopic (exact) mass is 319 g/mol. The summed E-state index contributed by atoms with van der Waals surface area (Å²) in [6, 6.07) is 12.1. The third-order valence-corrected chi connectivity index (χ3v) is 5.99. The van der Waals surface area contributed by atoms with Crippen molar-refractivity contribution in [1.29, 1.82) is 0 Å². The van der Waals surface area contributed by atoms with Gasteiger partial charge in [-0.05, 0) is 49.3 Å². The Kier molecular flexibility index (Phi) is 3.12. The quantitative estimate of drug-likeness (QED) is 0.860. The second-order valence-electron chi connectivity index (χ2n) is 7.36. The van der Waals surface area contributed by atoms with Crippen molar-refractivity contribution < 1.29 is 4.79 Å². The van der Waals surface area contributed by atoms with Gasteiger partial charge in [0.05, 0.1) is 17.9 Å². The van der Waals surface area contributed by atoms with Crippen LogP contribution in [0.2, 0.25) is 0 Å². The van der Waals surface area contributed by atoms with Gasteiger partial charge in [0.1, 0.15) is 5.82 Å². The minimum Gasteiger partial charge on any atom is -0.338 e. The van der Waals surface area contributed by atoms with Crippen molar-refractivity contribution in [2.24, 2.45) is 17.8 Å². The number of hydrogen-bond acceptors (Lipinski definition) is 3. The van der Waals surface area contributed by atoms with Gasteiger partial charge in [0.15, 0.2) is 0 Å². The number of aromatic nitrogens is 1. The highest BCUT2D eigenvalue weighted by Gasteiger charge is 2.45. The molecule has 2 saturated carbocycles. The van der Waals surface area contributed by atoms with E-state index in [2.05, 4.69) is 16.4 Å². The van der Waals surface area contributed by atoms with Gasteiger partial charge < -0.3 is 10.2 Å². The molecule has 2 aliphatic carbocycles. The Morgan fingerprint density at radius 1 is 1.12 bits per heavy atom. The molecule has 4 nitrogen and oxygen atoms in total. The molecule has 0 saturated heterocycles. The molecule has 24 heavy (non-hydrogen) atoms. The van der Waals surface area contributed by atoms with Gasteiger partial charge in [0.2, 0.25) is 5.91 Å². The molecule has 3 aliphatic rings. The number of benzene rings is 1. The number of rotatable bonds is 1. The molecule has 122 valence electrons. The fourth-order valence-electron chi connectivity index (χ4n) is 4.82. The van der Waals surface area contributed by atoms with Crippen LogP contribution in [-0.4, -0.2) is 10.9 Å². The lowest BCUT2D eigenvalue weighted by atomic mass is 9.87. The van der Waals surface area contributed by atoms with Gasteiger partial charge in [0, 0.05) is 17.7 Å². The first-order chi connectivity index (χ1) is 11.8. The number of fused-ring (bicyclic) bond motifs is 4. The number of anilines is 3. The molecule has 1 N–H and O–H groups in total. The Labute approximate surface area is 141 Å². The van der Waals surface area contributed by atoms with Crippen molar-refractivity contribution in [2.45, 2.75) is 32.2 Å². The van der Waals surface area contributed by atoms with E-state index in [1.165, 1.54) is 19.3 Å². The molecule has 2 bridgehead atoms.